The molecule has 1 aliphatic heterocycles. The van der Waals surface area contributed by atoms with Gasteiger partial charge in [-0.05, 0) is 44.1 Å². The summed E-state index contributed by atoms with van der Waals surface area (Å²) in [7, 11) is 0. The minimum absolute atomic E-state index is 0.0540. The Morgan fingerprint density at radius 2 is 2.17 bits per heavy atom. The van der Waals surface area contributed by atoms with Crippen LogP contribution in [0.25, 0.3) is 0 Å². The summed E-state index contributed by atoms with van der Waals surface area (Å²) < 4.78 is 0. The van der Waals surface area contributed by atoms with E-state index in [2.05, 4.69) is 26.7 Å². The van der Waals surface area contributed by atoms with Crippen LogP contribution >= 0.6 is 0 Å². The van der Waals surface area contributed by atoms with E-state index in [9.17, 15) is 4.79 Å². The van der Waals surface area contributed by atoms with Crippen molar-refractivity contribution >= 4 is 11.9 Å². The van der Waals surface area contributed by atoms with Gasteiger partial charge in [0.15, 0.2) is 0 Å². The van der Waals surface area contributed by atoms with Gasteiger partial charge in [0.2, 0.25) is 11.9 Å². The number of aromatic nitrogens is 2. The van der Waals surface area contributed by atoms with Gasteiger partial charge in [-0.3, -0.25) is 4.79 Å². The quantitative estimate of drug-likeness (QED) is 0.814. The molecule has 1 aliphatic carbocycles. The van der Waals surface area contributed by atoms with Crippen molar-refractivity contribution in [3.63, 3.8) is 0 Å². The summed E-state index contributed by atoms with van der Waals surface area (Å²) in [5.74, 6) is 1.29. The molecule has 0 radical (unpaired) electrons. The van der Waals surface area contributed by atoms with Gasteiger partial charge in [0.05, 0.1) is 12.6 Å². The van der Waals surface area contributed by atoms with Crippen molar-refractivity contribution in [2.75, 3.05) is 25.0 Å². The summed E-state index contributed by atoms with van der Waals surface area (Å²) in [4.78, 5) is 22.3. The van der Waals surface area contributed by atoms with Gasteiger partial charge >= 0.3 is 0 Å². The molecule has 1 saturated carbocycles. The van der Waals surface area contributed by atoms with Crippen molar-refractivity contribution in [3.8, 4) is 6.07 Å². The van der Waals surface area contributed by atoms with Crippen LogP contribution in [-0.4, -0.2) is 52.5 Å². The number of nitriles is 1. The number of nitrogens with one attached hydrogen (secondary N) is 2. The fourth-order valence-electron chi connectivity index (χ4n) is 3.60. The molecule has 0 spiro atoms. The van der Waals surface area contributed by atoms with Gasteiger partial charge in [-0.25, -0.2) is 9.97 Å². The molecular formula is C17H24N6O. The Morgan fingerprint density at radius 1 is 1.33 bits per heavy atom. The molecule has 2 heterocycles. The zero-order chi connectivity index (χ0) is 16.8. The molecule has 1 aromatic heterocycles. The second-order valence-corrected chi connectivity index (χ2v) is 6.58. The number of hydrogen-bond donors (Lipinski definition) is 2. The van der Waals surface area contributed by atoms with E-state index in [4.69, 9.17) is 5.26 Å². The number of anilines is 1. The Labute approximate surface area is 142 Å². The molecule has 1 saturated heterocycles. The molecule has 2 N–H and O–H groups in total. The first-order valence-corrected chi connectivity index (χ1v) is 8.69. The molecule has 0 bridgehead atoms. The second-order valence-electron chi connectivity index (χ2n) is 6.58. The smallest absolute Gasteiger partial charge is 0.237 e. The summed E-state index contributed by atoms with van der Waals surface area (Å²) >= 11 is 0. The molecule has 7 heteroatoms. The van der Waals surface area contributed by atoms with Crippen LogP contribution in [0.1, 0.15) is 32.1 Å². The summed E-state index contributed by atoms with van der Waals surface area (Å²) in [6.45, 7) is 1.91. The Bertz CT molecular complexity index is 586. The highest BCUT2D eigenvalue weighted by molar-refractivity contribution is 5.79. The molecule has 1 amide bonds. The zero-order valence-corrected chi connectivity index (χ0v) is 13.8. The van der Waals surface area contributed by atoms with E-state index in [1.807, 2.05) is 0 Å². The molecule has 2 fully saturated rings. The third kappa shape index (κ3) is 4.20. The van der Waals surface area contributed by atoms with E-state index in [1.165, 1.54) is 0 Å². The molecule has 0 unspecified atom stereocenters. The van der Waals surface area contributed by atoms with Gasteiger partial charge in [0.25, 0.3) is 0 Å². The van der Waals surface area contributed by atoms with Crippen LogP contribution in [0, 0.1) is 17.2 Å². The zero-order valence-electron chi connectivity index (χ0n) is 13.8. The normalized spacial score (nSPS) is 26.3. The monoisotopic (exact) mass is 328 g/mol. The van der Waals surface area contributed by atoms with Gasteiger partial charge in [-0.1, -0.05) is 0 Å². The van der Waals surface area contributed by atoms with Crippen molar-refractivity contribution in [1.29, 1.82) is 5.26 Å². The number of carbonyl (C=O) groups excluding carboxylic acids is 1. The van der Waals surface area contributed by atoms with Gasteiger partial charge in [0, 0.05) is 31.5 Å². The maximum absolute atomic E-state index is 12.2. The van der Waals surface area contributed by atoms with Crippen molar-refractivity contribution in [1.82, 2.24) is 20.2 Å². The molecule has 3 atom stereocenters. The Morgan fingerprint density at radius 3 is 2.96 bits per heavy atom. The van der Waals surface area contributed by atoms with Crippen molar-refractivity contribution in [2.45, 2.75) is 44.2 Å². The molecule has 7 nitrogen and oxygen atoms in total. The fourth-order valence-corrected chi connectivity index (χ4v) is 3.60. The minimum Gasteiger partial charge on any atom is -0.354 e. The standard InChI is InChI=1S/C17H24N6O/c18-10-15-3-1-8-23(15)16(24)12-21-14-5-4-13(9-14)11-22-17-19-6-2-7-20-17/h2,6-7,13-15,21H,1,3-5,8-9,11-12H2,(H,19,20,22)/t13-,14+,15-/m0/s1. The van der Waals surface area contributed by atoms with E-state index in [0.29, 0.717) is 31.0 Å². The number of rotatable bonds is 6. The maximum atomic E-state index is 12.2. The Balaban J connectivity index is 1.37. The predicted molar refractivity (Wildman–Crippen MR) is 90.0 cm³/mol. The SMILES string of the molecule is N#C[C@@H]1CCCN1C(=O)CN[C@@H]1CC[C@H](CNc2ncccn2)C1. The molecule has 0 aromatic carbocycles. The maximum Gasteiger partial charge on any atom is 0.237 e. The predicted octanol–water partition coefficient (Wildman–Crippen LogP) is 1.16. The van der Waals surface area contributed by atoms with Gasteiger partial charge in [-0.15, -0.1) is 0 Å². The largest absolute Gasteiger partial charge is 0.354 e. The van der Waals surface area contributed by atoms with Crippen molar-refractivity contribution in [2.24, 2.45) is 5.92 Å². The molecule has 128 valence electrons. The Hall–Kier alpha value is -2.20. The van der Waals surface area contributed by atoms with E-state index in [1.54, 1.807) is 23.4 Å². The average molecular weight is 328 g/mol. The summed E-state index contributed by atoms with van der Waals surface area (Å²) in [5, 5.41) is 15.7. The van der Waals surface area contributed by atoms with E-state index < -0.39 is 0 Å². The average Bonchev–Trinajstić information content (AvgIpc) is 3.28. The molecule has 2 aliphatic rings. The number of likely N-dealkylation sites (tertiary alicyclic amines) is 1. The van der Waals surface area contributed by atoms with Crippen LogP contribution in [-0.2, 0) is 4.79 Å². The van der Waals surface area contributed by atoms with Crippen LogP contribution in [0.5, 0.6) is 0 Å². The fraction of sp³-hybridized carbons (Fsp3) is 0.647. The van der Waals surface area contributed by atoms with Gasteiger partial charge in [-0.2, -0.15) is 5.26 Å². The van der Waals surface area contributed by atoms with Crippen LogP contribution in [0.15, 0.2) is 18.5 Å². The first-order valence-electron chi connectivity index (χ1n) is 8.69. The second kappa shape index (κ2) is 8.06. The first kappa shape index (κ1) is 16.7. The molecule has 3 rings (SSSR count). The lowest BCUT2D eigenvalue weighted by Gasteiger charge is -2.21. The van der Waals surface area contributed by atoms with Gasteiger partial charge < -0.3 is 15.5 Å². The lowest BCUT2D eigenvalue weighted by Crippen LogP contribution is -2.43. The van der Waals surface area contributed by atoms with E-state index >= 15 is 0 Å². The summed E-state index contributed by atoms with van der Waals surface area (Å²) in [6, 6.07) is 4.16. The third-order valence-electron chi connectivity index (χ3n) is 4.92. The summed E-state index contributed by atoms with van der Waals surface area (Å²) in [6.07, 6.45) is 8.46. The molecular weight excluding hydrogens is 304 g/mol. The topological polar surface area (TPSA) is 93.9 Å². The highest BCUT2D eigenvalue weighted by atomic mass is 16.2. The highest BCUT2D eigenvalue weighted by Crippen LogP contribution is 2.25. The first-order chi connectivity index (χ1) is 11.8. The van der Waals surface area contributed by atoms with Crippen molar-refractivity contribution < 1.29 is 4.79 Å². The molecule has 1 aromatic rings. The van der Waals surface area contributed by atoms with E-state index in [0.717, 1.165) is 38.6 Å². The number of hydrogen-bond acceptors (Lipinski definition) is 6. The molecule has 24 heavy (non-hydrogen) atoms. The summed E-state index contributed by atoms with van der Waals surface area (Å²) in [5.41, 5.74) is 0. The number of amides is 1. The van der Waals surface area contributed by atoms with Crippen molar-refractivity contribution in [3.05, 3.63) is 18.5 Å². The number of carbonyl (C=O) groups is 1. The van der Waals surface area contributed by atoms with E-state index in [-0.39, 0.29) is 11.9 Å². The van der Waals surface area contributed by atoms with Crippen LogP contribution < -0.4 is 10.6 Å². The third-order valence-corrected chi connectivity index (χ3v) is 4.92. The lowest BCUT2D eigenvalue weighted by atomic mass is 10.1. The van der Waals surface area contributed by atoms with Crippen LogP contribution in [0.2, 0.25) is 0 Å². The number of nitrogens with zero attached hydrogens (tertiary/aromatic N) is 4. The highest BCUT2D eigenvalue weighted by Gasteiger charge is 2.30. The van der Waals surface area contributed by atoms with Gasteiger partial charge in [0.1, 0.15) is 6.04 Å². The lowest BCUT2D eigenvalue weighted by molar-refractivity contribution is -0.130. The Kier molecular flexibility index (Phi) is 5.59. The van der Waals surface area contributed by atoms with Crippen LogP contribution in [0.3, 0.4) is 0 Å². The minimum atomic E-state index is -0.231. The van der Waals surface area contributed by atoms with Crippen LogP contribution in [0.4, 0.5) is 5.95 Å².